The second kappa shape index (κ2) is 6.03. The fourth-order valence-electron chi connectivity index (χ4n) is 1.04. The second-order valence-corrected chi connectivity index (χ2v) is 3.23. The highest BCUT2D eigenvalue weighted by Crippen LogP contribution is 2.27. The average Bonchev–Trinajstić information content (AvgIpc) is 2.35. The maximum Gasteiger partial charge on any atom is 0.433 e. The first-order chi connectivity index (χ1) is 8.84. The molecule has 1 heterocycles. The molecular formula is C10H10F3N3O3. The van der Waals surface area contributed by atoms with Crippen LogP contribution in [0.15, 0.2) is 18.3 Å². The summed E-state index contributed by atoms with van der Waals surface area (Å²) < 4.78 is 41.1. The lowest BCUT2D eigenvalue weighted by molar-refractivity contribution is -0.141. The molecule has 6 nitrogen and oxygen atoms in total. The van der Waals surface area contributed by atoms with E-state index >= 15 is 0 Å². The van der Waals surface area contributed by atoms with Crippen LogP contribution in [0.2, 0.25) is 0 Å². The highest BCUT2D eigenvalue weighted by molar-refractivity contribution is 5.94. The Morgan fingerprint density at radius 2 is 2.00 bits per heavy atom. The van der Waals surface area contributed by atoms with Crippen LogP contribution < -0.4 is 10.9 Å². The lowest BCUT2D eigenvalue weighted by Crippen LogP contribution is -2.42. The molecule has 0 atom stereocenters. The highest BCUT2D eigenvalue weighted by Gasteiger charge is 2.32. The normalized spacial score (nSPS) is 10.7. The predicted octanol–water partition coefficient (Wildman–Crippen LogP) is 1.49. The van der Waals surface area contributed by atoms with Gasteiger partial charge in [0.05, 0.1) is 12.2 Å². The fourth-order valence-corrected chi connectivity index (χ4v) is 1.04. The Balaban J connectivity index is 2.61. The van der Waals surface area contributed by atoms with E-state index < -0.39 is 23.9 Å². The van der Waals surface area contributed by atoms with Gasteiger partial charge in [-0.15, -0.1) is 0 Å². The van der Waals surface area contributed by atoms with Crippen LogP contribution in [0.5, 0.6) is 0 Å². The number of nitrogens with one attached hydrogen (secondary N) is 2. The zero-order valence-corrected chi connectivity index (χ0v) is 9.75. The van der Waals surface area contributed by atoms with Crippen LogP contribution in [0, 0.1) is 0 Å². The van der Waals surface area contributed by atoms with Gasteiger partial charge in [0.15, 0.2) is 0 Å². The summed E-state index contributed by atoms with van der Waals surface area (Å²) in [5, 5.41) is 0. The minimum absolute atomic E-state index is 0.115. The molecule has 0 aromatic carbocycles. The number of hydrogen-bond donors (Lipinski definition) is 2. The van der Waals surface area contributed by atoms with Crippen molar-refractivity contribution in [3.63, 3.8) is 0 Å². The molecule has 0 spiro atoms. The van der Waals surface area contributed by atoms with Crippen LogP contribution in [0.25, 0.3) is 0 Å². The first-order valence-electron chi connectivity index (χ1n) is 5.11. The largest absolute Gasteiger partial charge is 0.449 e. The topological polar surface area (TPSA) is 80.3 Å². The molecular weight excluding hydrogens is 267 g/mol. The third-order valence-electron chi connectivity index (χ3n) is 1.87. The summed E-state index contributed by atoms with van der Waals surface area (Å²) >= 11 is 0. The summed E-state index contributed by atoms with van der Waals surface area (Å²) in [7, 11) is 0. The summed E-state index contributed by atoms with van der Waals surface area (Å²) in [6.45, 7) is 1.69. The Hall–Kier alpha value is -2.32. The Morgan fingerprint density at radius 3 is 2.47 bits per heavy atom. The van der Waals surface area contributed by atoms with E-state index in [-0.39, 0.29) is 12.2 Å². The van der Waals surface area contributed by atoms with Crippen molar-refractivity contribution in [3.05, 3.63) is 29.6 Å². The first kappa shape index (κ1) is 14.7. The van der Waals surface area contributed by atoms with Gasteiger partial charge in [-0.25, -0.2) is 10.2 Å². The van der Waals surface area contributed by atoms with Gasteiger partial charge in [-0.3, -0.25) is 15.2 Å². The maximum absolute atomic E-state index is 12.2. The number of aromatic nitrogens is 1. The number of hydrogen-bond acceptors (Lipinski definition) is 4. The summed E-state index contributed by atoms with van der Waals surface area (Å²) in [6.07, 6.45) is -4.70. The third kappa shape index (κ3) is 4.45. The molecule has 2 N–H and O–H groups in total. The number of pyridine rings is 1. The molecule has 0 aliphatic rings. The number of amides is 2. The Morgan fingerprint density at radius 1 is 1.32 bits per heavy atom. The van der Waals surface area contributed by atoms with Gasteiger partial charge in [0.1, 0.15) is 5.69 Å². The average molecular weight is 277 g/mol. The van der Waals surface area contributed by atoms with Crippen LogP contribution >= 0.6 is 0 Å². The van der Waals surface area contributed by atoms with Crippen LogP contribution in [0.4, 0.5) is 18.0 Å². The van der Waals surface area contributed by atoms with Gasteiger partial charge in [0.25, 0.3) is 5.91 Å². The van der Waals surface area contributed by atoms with E-state index in [0.29, 0.717) is 6.07 Å². The monoisotopic (exact) mass is 277 g/mol. The maximum atomic E-state index is 12.2. The number of halogens is 3. The van der Waals surface area contributed by atoms with Crippen molar-refractivity contribution in [3.8, 4) is 0 Å². The molecule has 0 fully saturated rings. The van der Waals surface area contributed by atoms with Crippen LogP contribution in [-0.2, 0) is 10.9 Å². The van der Waals surface area contributed by atoms with Gasteiger partial charge in [0.2, 0.25) is 0 Å². The zero-order valence-electron chi connectivity index (χ0n) is 9.75. The Labute approximate surface area is 105 Å². The SMILES string of the molecule is CCOC(=O)NNC(=O)c1ccc(C(F)(F)F)nc1. The highest BCUT2D eigenvalue weighted by atomic mass is 19.4. The molecule has 1 rings (SSSR count). The van der Waals surface area contributed by atoms with Gasteiger partial charge < -0.3 is 4.74 Å². The number of alkyl halides is 3. The summed E-state index contributed by atoms with van der Waals surface area (Å²) in [5.41, 5.74) is 2.63. The standard InChI is InChI=1S/C10H10F3N3O3/c1-2-19-9(18)16-15-8(17)6-3-4-7(14-5-6)10(11,12)13/h3-5H,2H2,1H3,(H,15,17)(H,16,18). The summed E-state index contributed by atoms with van der Waals surface area (Å²) in [6, 6.07) is 1.61. The van der Waals surface area contributed by atoms with Crippen LogP contribution in [0.3, 0.4) is 0 Å². The molecule has 1 aromatic rings. The van der Waals surface area contributed by atoms with Gasteiger partial charge in [-0.1, -0.05) is 0 Å². The number of carbonyl (C=O) groups is 2. The molecule has 19 heavy (non-hydrogen) atoms. The molecule has 104 valence electrons. The van der Waals surface area contributed by atoms with Gasteiger partial charge in [-0.05, 0) is 19.1 Å². The van der Waals surface area contributed by atoms with Crippen molar-refractivity contribution in [2.75, 3.05) is 6.61 Å². The number of rotatable bonds is 2. The van der Waals surface area contributed by atoms with Gasteiger partial charge >= 0.3 is 12.3 Å². The van der Waals surface area contributed by atoms with E-state index in [1.54, 1.807) is 6.92 Å². The molecule has 0 aliphatic heterocycles. The molecule has 0 radical (unpaired) electrons. The molecule has 0 unspecified atom stereocenters. The number of carbonyl (C=O) groups excluding carboxylic acids is 2. The molecule has 0 aliphatic carbocycles. The number of ether oxygens (including phenoxy) is 1. The molecule has 0 saturated carbocycles. The van der Waals surface area contributed by atoms with E-state index in [1.807, 2.05) is 10.9 Å². The zero-order chi connectivity index (χ0) is 14.5. The first-order valence-corrected chi connectivity index (χ1v) is 5.11. The van der Waals surface area contributed by atoms with Crippen LogP contribution in [0.1, 0.15) is 23.0 Å². The predicted molar refractivity (Wildman–Crippen MR) is 56.9 cm³/mol. The Bertz CT molecular complexity index is 459. The van der Waals surface area contributed by atoms with E-state index in [1.165, 1.54) is 0 Å². The van der Waals surface area contributed by atoms with E-state index in [2.05, 4.69) is 9.72 Å². The third-order valence-corrected chi connectivity index (χ3v) is 1.87. The minimum atomic E-state index is -4.57. The van der Waals surface area contributed by atoms with Crippen LogP contribution in [-0.4, -0.2) is 23.6 Å². The summed E-state index contributed by atoms with van der Waals surface area (Å²) in [4.78, 5) is 25.4. The van der Waals surface area contributed by atoms with Crippen molar-refractivity contribution in [2.24, 2.45) is 0 Å². The summed E-state index contributed by atoms with van der Waals surface area (Å²) in [5.74, 6) is -0.811. The lowest BCUT2D eigenvalue weighted by Gasteiger charge is -2.08. The molecule has 9 heteroatoms. The molecule has 1 aromatic heterocycles. The van der Waals surface area contributed by atoms with Crippen molar-refractivity contribution < 1.29 is 27.5 Å². The quantitative estimate of drug-likeness (QED) is 0.803. The fraction of sp³-hybridized carbons (Fsp3) is 0.300. The molecule has 0 saturated heterocycles. The van der Waals surface area contributed by atoms with Gasteiger partial charge in [-0.2, -0.15) is 13.2 Å². The Kier molecular flexibility index (Phi) is 4.67. The molecule has 2 amide bonds. The second-order valence-electron chi connectivity index (χ2n) is 3.23. The minimum Gasteiger partial charge on any atom is -0.449 e. The van der Waals surface area contributed by atoms with Crippen molar-refractivity contribution >= 4 is 12.0 Å². The van der Waals surface area contributed by atoms with E-state index in [0.717, 1.165) is 12.3 Å². The van der Waals surface area contributed by atoms with E-state index in [4.69, 9.17) is 0 Å². The smallest absolute Gasteiger partial charge is 0.433 e. The van der Waals surface area contributed by atoms with Crippen molar-refractivity contribution in [2.45, 2.75) is 13.1 Å². The molecule has 0 bridgehead atoms. The van der Waals surface area contributed by atoms with Crippen molar-refractivity contribution in [1.82, 2.24) is 15.8 Å². The van der Waals surface area contributed by atoms with E-state index in [9.17, 15) is 22.8 Å². The van der Waals surface area contributed by atoms with Crippen molar-refractivity contribution in [1.29, 1.82) is 0 Å². The number of nitrogens with zero attached hydrogens (tertiary/aromatic N) is 1. The lowest BCUT2D eigenvalue weighted by atomic mass is 10.2. The number of hydrazine groups is 1. The van der Waals surface area contributed by atoms with Gasteiger partial charge in [0, 0.05) is 6.20 Å².